The molecule has 16 heavy (non-hydrogen) atoms. The molecule has 0 N–H and O–H groups in total. The van der Waals surface area contributed by atoms with Crippen LogP contribution in [0.25, 0.3) is 0 Å². The zero-order valence-corrected chi connectivity index (χ0v) is 9.60. The molecule has 1 heterocycles. The van der Waals surface area contributed by atoms with E-state index in [9.17, 15) is 0 Å². The Labute approximate surface area is 95.6 Å². The Bertz CT molecular complexity index is 371. The third-order valence-corrected chi connectivity index (χ3v) is 2.72. The van der Waals surface area contributed by atoms with E-state index in [1.165, 1.54) is 0 Å². The molecule has 3 nitrogen and oxygen atoms in total. The van der Waals surface area contributed by atoms with Gasteiger partial charge in [0.2, 0.25) is 0 Å². The van der Waals surface area contributed by atoms with E-state index < -0.39 is 0 Å². The Morgan fingerprint density at radius 1 is 1.44 bits per heavy atom. The Morgan fingerprint density at radius 2 is 2.12 bits per heavy atom. The second-order valence-electron chi connectivity index (χ2n) is 4.05. The van der Waals surface area contributed by atoms with Crippen molar-refractivity contribution in [2.45, 2.75) is 18.8 Å². The zero-order valence-electron chi connectivity index (χ0n) is 9.60. The molecular weight excluding hydrogens is 204 g/mol. The van der Waals surface area contributed by atoms with Gasteiger partial charge in [-0.05, 0) is 19.1 Å². The fraction of sp³-hybridized carbons (Fsp3) is 0.385. The van der Waals surface area contributed by atoms with Crippen molar-refractivity contribution in [2.75, 3.05) is 13.7 Å². The van der Waals surface area contributed by atoms with Gasteiger partial charge in [0, 0.05) is 5.56 Å². The van der Waals surface area contributed by atoms with Crippen LogP contribution in [0.3, 0.4) is 0 Å². The predicted octanol–water partition coefficient (Wildman–Crippen LogP) is 2.69. The molecule has 0 aromatic heterocycles. The maximum absolute atomic E-state index is 5.78. The van der Waals surface area contributed by atoms with Crippen LogP contribution in [0.5, 0.6) is 5.75 Å². The molecule has 0 amide bonds. The molecule has 86 valence electrons. The van der Waals surface area contributed by atoms with Crippen LogP contribution in [0, 0.1) is 0 Å². The largest absolute Gasteiger partial charge is 0.497 e. The molecule has 1 aromatic carbocycles. The fourth-order valence-corrected chi connectivity index (χ4v) is 1.59. The molecule has 1 fully saturated rings. The highest BCUT2D eigenvalue weighted by molar-refractivity contribution is 5.28. The monoisotopic (exact) mass is 220 g/mol. The molecule has 2 rings (SSSR count). The van der Waals surface area contributed by atoms with E-state index in [0.717, 1.165) is 11.3 Å². The van der Waals surface area contributed by atoms with E-state index in [2.05, 4.69) is 6.58 Å². The number of ether oxygens (including phenoxy) is 3. The second kappa shape index (κ2) is 4.28. The van der Waals surface area contributed by atoms with Gasteiger partial charge >= 0.3 is 0 Å². The lowest BCUT2D eigenvalue weighted by Gasteiger charge is -2.17. The number of rotatable bonds is 3. The SMILES string of the molecule is C=CC1(C)COC(c2ccc(OC)cc2)O1. The van der Waals surface area contributed by atoms with Crippen LogP contribution >= 0.6 is 0 Å². The van der Waals surface area contributed by atoms with Crippen LogP contribution in [-0.4, -0.2) is 19.3 Å². The van der Waals surface area contributed by atoms with Gasteiger partial charge in [-0.1, -0.05) is 18.2 Å². The highest BCUT2D eigenvalue weighted by Gasteiger charge is 2.35. The summed E-state index contributed by atoms with van der Waals surface area (Å²) in [6.07, 6.45) is 1.46. The maximum atomic E-state index is 5.78. The van der Waals surface area contributed by atoms with Crippen molar-refractivity contribution >= 4 is 0 Å². The minimum absolute atomic E-state index is 0.311. The number of methoxy groups -OCH3 is 1. The molecular formula is C13H16O3. The van der Waals surface area contributed by atoms with Crippen molar-refractivity contribution in [2.24, 2.45) is 0 Å². The van der Waals surface area contributed by atoms with Gasteiger partial charge in [0.15, 0.2) is 6.29 Å². The first kappa shape index (κ1) is 11.2. The topological polar surface area (TPSA) is 27.7 Å². The molecule has 2 atom stereocenters. The zero-order chi connectivity index (χ0) is 11.6. The Morgan fingerprint density at radius 3 is 2.62 bits per heavy atom. The van der Waals surface area contributed by atoms with Gasteiger partial charge in [0.25, 0.3) is 0 Å². The lowest BCUT2D eigenvalue weighted by Crippen LogP contribution is -2.23. The average molecular weight is 220 g/mol. The Balaban J connectivity index is 2.11. The van der Waals surface area contributed by atoms with Gasteiger partial charge in [0.05, 0.1) is 13.7 Å². The van der Waals surface area contributed by atoms with Crippen molar-refractivity contribution in [3.05, 3.63) is 42.5 Å². The molecule has 1 aliphatic rings. The van der Waals surface area contributed by atoms with Crippen molar-refractivity contribution in [1.82, 2.24) is 0 Å². The fourth-order valence-electron chi connectivity index (χ4n) is 1.59. The Hall–Kier alpha value is -1.32. The van der Waals surface area contributed by atoms with E-state index in [1.807, 2.05) is 31.2 Å². The molecule has 0 saturated carbocycles. The number of hydrogen-bond acceptors (Lipinski definition) is 3. The van der Waals surface area contributed by atoms with Crippen LogP contribution in [0.2, 0.25) is 0 Å². The lowest BCUT2D eigenvalue weighted by atomic mass is 10.1. The lowest BCUT2D eigenvalue weighted by molar-refractivity contribution is -0.0734. The molecule has 3 heteroatoms. The van der Waals surface area contributed by atoms with Gasteiger partial charge in [-0.25, -0.2) is 0 Å². The van der Waals surface area contributed by atoms with Crippen molar-refractivity contribution in [3.63, 3.8) is 0 Å². The molecule has 1 saturated heterocycles. The van der Waals surface area contributed by atoms with E-state index in [-0.39, 0.29) is 11.9 Å². The van der Waals surface area contributed by atoms with E-state index in [4.69, 9.17) is 14.2 Å². The molecule has 1 aliphatic heterocycles. The number of benzene rings is 1. The van der Waals surface area contributed by atoms with Crippen LogP contribution in [-0.2, 0) is 9.47 Å². The summed E-state index contributed by atoms with van der Waals surface area (Å²) in [6, 6.07) is 7.67. The first-order valence-corrected chi connectivity index (χ1v) is 5.24. The summed E-state index contributed by atoms with van der Waals surface area (Å²) in [5.41, 5.74) is 0.608. The third kappa shape index (κ3) is 2.10. The average Bonchev–Trinajstić information content (AvgIpc) is 2.73. The van der Waals surface area contributed by atoms with Crippen molar-refractivity contribution in [1.29, 1.82) is 0 Å². The van der Waals surface area contributed by atoms with E-state index >= 15 is 0 Å². The first-order chi connectivity index (χ1) is 7.67. The Kier molecular flexibility index (Phi) is 2.99. The second-order valence-corrected chi connectivity index (χ2v) is 4.05. The summed E-state index contributed by atoms with van der Waals surface area (Å²) in [4.78, 5) is 0. The molecule has 0 bridgehead atoms. The van der Waals surface area contributed by atoms with Crippen LogP contribution in [0.1, 0.15) is 18.8 Å². The summed E-state index contributed by atoms with van der Waals surface area (Å²) in [7, 11) is 1.65. The van der Waals surface area contributed by atoms with E-state index in [1.54, 1.807) is 13.2 Å². The normalized spacial score (nSPS) is 29.0. The summed E-state index contributed by atoms with van der Waals surface area (Å²) in [6.45, 7) is 6.24. The minimum Gasteiger partial charge on any atom is -0.497 e. The van der Waals surface area contributed by atoms with Crippen molar-refractivity contribution in [3.8, 4) is 5.75 Å². The molecule has 1 aromatic rings. The van der Waals surface area contributed by atoms with Crippen LogP contribution < -0.4 is 4.74 Å². The van der Waals surface area contributed by atoms with Gasteiger partial charge in [-0.15, -0.1) is 6.58 Å². The summed E-state index contributed by atoms with van der Waals surface area (Å²) in [5, 5.41) is 0. The summed E-state index contributed by atoms with van der Waals surface area (Å²) in [5.74, 6) is 0.827. The predicted molar refractivity (Wildman–Crippen MR) is 61.4 cm³/mol. The number of hydrogen-bond donors (Lipinski definition) is 0. The molecule has 2 unspecified atom stereocenters. The molecule has 0 radical (unpaired) electrons. The molecule has 0 aliphatic carbocycles. The highest BCUT2D eigenvalue weighted by atomic mass is 16.7. The first-order valence-electron chi connectivity index (χ1n) is 5.24. The standard InChI is InChI=1S/C13H16O3/c1-4-13(2)9-15-12(16-13)10-5-7-11(14-3)8-6-10/h4-8,12H,1,9H2,2-3H3. The van der Waals surface area contributed by atoms with Crippen molar-refractivity contribution < 1.29 is 14.2 Å². The van der Waals surface area contributed by atoms with Gasteiger partial charge < -0.3 is 14.2 Å². The quantitative estimate of drug-likeness (QED) is 0.733. The van der Waals surface area contributed by atoms with Gasteiger partial charge in [0.1, 0.15) is 11.4 Å². The summed E-state index contributed by atoms with van der Waals surface area (Å²) >= 11 is 0. The minimum atomic E-state index is -0.384. The van der Waals surface area contributed by atoms with Crippen LogP contribution in [0.15, 0.2) is 36.9 Å². The third-order valence-electron chi connectivity index (χ3n) is 2.72. The maximum Gasteiger partial charge on any atom is 0.185 e. The van der Waals surface area contributed by atoms with Crippen LogP contribution in [0.4, 0.5) is 0 Å². The molecule has 0 spiro atoms. The smallest absolute Gasteiger partial charge is 0.185 e. The van der Waals surface area contributed by atoms with Gasteiger partial charge in [-0.2, -0.15) is 0 Å². The van der Waals surface area contributed by atoms with Gasteiger partial charge in [-0.3, -0.25) is 0 Å². The van der Waals surface area contributed by atoms with E-state index in [0.29, 0.717) is 6.61 Å². The highest BCUT2D eigenvalue weighted by Crippen LogP contribution is 2.34. The summed E-state index contributed by atoms with van der Waals surface area (Å²) < 4.78 is 16.5.